The average Bonchev–Trinajstić information content (AvgIpc) is 3.56. The number of nitrogens with zero attached hydrogens (tertiary/aromatic N) is 2. The van der Waals surface area contributed by atoms with Crippen molar-refractivity contribution in [2.45, 2.75) is 0 Å². The van der Waals surface area contributed by atoms with Gasteiger partial charge in [0.25, 0.3) is 0 Å². The van der Waals surface area contributed by atoms with E-state index in [2.05, 4.69) is 192 Å². The quantitative estimate of drug-likeness (QED) is 0.184. The van der Waals surface area contributed by atoms with Crippen molar-refractivity contribution >= 4 is 98.0 Å². The zero-order valence-electron chi connectivity index (χ0n) is 27.6. The minimum atomic E-state index is 1.11. The molecule has 238 valence electrons. The predicted octanol–water partition coefficient (Wildman–Crippen LogP) is 14.4. The van der Waals surface area contributed by atoms with E-state index in [-0.39, 0.29) is 0 Å². The van der Waals surface area contributed by atoms with Gasteiger partial charge in [-0.1, -0.05) is 109 Å². The van der Waals surface area contributed by atoms with E-state index in [4.69, 9.17) is 0 Å². The van der Waals surface area contributed by atoms with Crippen LogP contribution in [0.3, 0.4) is 0 Å². The molecule has 9 aromatic carbocycles. The fraction of sp³-hybridized carbons (Fsp3) is 0. The number of hydrogen-bond donors (Lipinski definition) is 0. The van der Waals surface area contributed by atoms with Crippen LogP contribution in [0, 0.1) is 0 Å². The molecule has 0 unspecified atom stereocenters. The minimum absolute atomic E-state index is 1.11. The molecule has 0 saturated heterocycles. The lowest BCUT2D eigenvalue weighted by Crippen LogP contribution is -2.15. The van der Waals surface area contributed by atoms with Crippen LogP contribution in [0.5, 0.6) is 0 Å². The van der Waals surface area contributed by atoms with Crippen LogP contribution in [-0.4, -0.2) is 0 Å². The van der Waals surface area contributed by atoms with E-state index >= 15 is 0 Å². The highest BCUT2D eigenvalue weighted by atomic mass is 32.1. The molecule has 0 bridgehead atoms. The topological polar surface area (TPSA) is 6.48 Å². The molecule has 2 heterocycles. The fourth-order valence-electron chi connectivity index (χ4n) is 8.22. The first-order valence-electron chi connectivity index (χ1n) is 17.4. The molecule has 0 aliphatic carbocycles. The Balaban J connectivity index is 1.10. The zero-order chi connectivity index (χ0) is 33.5. The van der Waals surface area contributed by atoms with Gasteiger partial charge in [-0.2, -0.15) is 0 Å². The van der Waals surface area contributed by atoms with Gasteiger partial charge in [0.2, 0.25) is 0 Å². The van der Waals surface area contributed by atoms with Crippen LogP contribution in [-0.2, 0) is 0 Å². The van der Waals surface area contributed by atoms with E-state index in [1.807, 2.05) is 11.3 Å². The van der Waals surface area contributed by atoms with Crippen LogP contribution < -0.4 is 9.80 Å². The summed E-state index contributed by atoms with van der Waals surface area (Å²) in [7, 11) is 0. The molecular weight excluding hydrogens is 637 g/mol. The van der Waals surface area contributed by atoms with Crippen LogP contribution >= 0.6 is 11.3 Å². The highest BCUT2D eigenvalue weighted by Gasteiger charge is 2.27. The predicted molar refractivity (Wildman–Crippen MR) is 220 cm³/mol. The first-order valence-corrected chi connectivity index (χ1v) is 18.2. The van der Waals surface area contributed by atoms with Gasteiger partial charge in [0.15, 0.2) is 0 Å². The summed E-state index contributed by atoms with van der Waals surface area (Å²) in [5, 5.41) is 10.1. The van der Waals surface area contributed by atoms with Gasteiger partial charge in [0.1, 0.15) is 0 Å². The maximum atomic E-state index is 2.45. The second kappa shape index (κ2) is 11.0. The molecule has 0 atom stereocenters. The summed E-state index contributed by atoms with van der Waals surface area (Å²) in [4.78, 5) is 4.85. The Morgan fingerprint density at radius 3 is 1.92 bits per heavy atom. The van der Waals surface area contributed by atoms with Gasteiger partial charge in [-0.3, -0.25) is 0 Å². The number of benzene rings is 9. The number of thiophene rings is 1. The number of anilines is 6. The van der Waals surface area contributed by atoms with Crippen molar-refractivity contribution in [3.63, 3.8) is 0 Å². The molecule has 2 nitrogen and oxygen atoms in total. The molecule has 10 aromatic rings. The normalized spacial score (nSPS) is 12.3. The second-order valence-corrected chi connectivity index (χ2v) is 14.4. The molecule has 1 aliphatic rings. The molecule has 0 radical (unpaired) electrons. The SMILES string of the molecule is c1ccc2cc(N(c3ccc(N4c5ccc6ccccc6c5-c5cccc6cccc4c56)cc3)c3ccc4sc5ccccc5c4c3)ccc2c1. The van der Waals surface area contributed by atoms with E-state index < -0.39 is 0 Å². The minimum Gasteiger partial charge on any atom is -0.310 e. The molecule has 51 heavy (non-hydrogen) atoms. The van der Waals surface area contributed by atoms with Gasteiger partial charge in [-0.05, 0) is 105 Å². The molecule has 0 spiro atoms. The molecule has 0 fully saturated rings. The standard InChI is InChI=1S/C48H30N2S/c1-2-11-34-29-37(21-19-31(34)9-1)49(38-26-28-46-42(30-38)40-15-5-6-18-45(40)51-46)35-22-24-36(25-23-35)50-43-17-8-13-33-12-7-16-41(47(33)43)48-39-14-4-3-10-32(39)20-27-44(48)50/h1-30H. The van der Waals surface area contributed by atoms with E-state index in [1.54, 1.807) is 0 Å². The summed E-state index contributed by atoms with van der Waals surface area (Å²) in [5.41, 5.74) is 9.51. The lowest BCUT2D eigenvalue weighted by Gasteiger charge is -2.34. The van der Waals surface area contributed by atoms with Crippen molar-refractivity contribution in [1.29, 1.82) is 0 Å². The van der Waals surface area contributed by atoms with Gasteiger partial charge in [-0.25, -0.2) is 0 Å². The maximum Gasteiger partial charge on any atom is 0.0547 e. The van der Waals surface area contributed by atoms with Crippen molar-refractivity contribution in [2.75, 3.05) is 9.80 Å². The van der Waals surface area contributed by atoms with Crippen molar-refractivity contribution in [1.82, 2.24) is 0 Å². The van der Waals surface area contributed by atoms with Crippen LogP contribution in [0.1, 0.15) is 0 Å². The molecule has 11 rings (SSSR count). The summed E-state index contributed by atoms with van der Waals surface area (Å²) < 4.78 is 2.62. The van der Waals surface area contributed by atoms with Crippen LogP contribution in [0.25, 0.3) is 63.6 Å². The number of rotatable bonds is 4. The first-order chi connectivity index (χ1) is 25.3. The third kappa shape index (κ3) is 4.35. The fourth-order valence-corrected chi connectivity index (χ4v) is 9.31. The Kier molecular flexibility index (Phi) is 6.16. The van der Waals surface area contributed by atoms with Crippen LogP contribution in [0.15, 0.2) is 182 Å². The van der Waals surface area contributed by atoms with Gasteiger partial charge in [0, 0.05) is 53.9 Å². The summed E-state index contributed by atoms with van der Waals surface area (Å²) >= 11 is 1.86. The lowest BCUT2D eigenvalue weighted by atomic mass is 9.87. The first kappa shape index (κ1) is 28.4. The second-order valence-electron chi connectivity index (χ2n) is 13.4. The van der Waals surface area contributed by atoms with Gasteiger partial charge >= 0.3 is 0 Å². The molecule has 3 heteroatoms. The zero-order valence-corrected chi connectivity index (χ0v) is 28.4. The van der Waals surface area contributed by atoms with Crippen LogP contribution in [0.2, 0.25) is 0 Å². The van der Waals surface area contributed by atoms with E-state index in [9.17, 15) is 0 Å². The van der Waals surface area contributed by atoms with Gasteiger partial charge < -0.3 is 9.80 Å². The lowest BCUT2D eigenvalue weighted by molar-refractivity contribution is 1.26. The smallest absolute Gasteiger partial charge is 0.0547 e. The molecule has 1 aromatic heterocycles. The maximum absolute atomic E-state index is 2.45. The number of hydrogen-bond acceptors (Lipinski definition) is 3. The van der Waals surface area contributed by atoms with E-state index in [0.29, 0.717) is 0 Å². The largest absolute Gasteiger partial charge is 0.310 e. The van der Waals surface area contributed by atoms with Gasteiger partial charge in [-0.15, -0.1) is 11.3 Å². The monoisotopic (exact) mass is 666 g/mol. The Bertz CT molecular complexity index is 2990. The Labute approximate surface area is 299 Å². The molecule has 0 amide bonds. The van der Waals surface area contributed by atoms with Crippen molar-refractivity contribution < 1.29 is 0 Å². The van der Waals surface area contributed by atoms with E-state index in [0.717, 1.165) is 22.7 Å². The number of fused-ring (bicyclic) bond motifs is 8. The highest BCUT2D eigenvalue weighted by Crippen LogP contribution is 2.53. The van der Waals surface area contributed by atoms with Gasteiger partial charge in [0.05, 0.1) is 11.4 Å². The summed E-state index contributed by atoms with van der Waals surface area (Å²) in [6.07, 6.45) is 0. The summed E-state index contributed by atoms with van der Waals surface area (Å²) in [6.45, 7) is 0. The average molecular weight is 667 g/mol. The van der Waals surface area contributed by atoms with Crippen molar-refractivity contribution in [3.05, 3.63) is 182 Å². The Morgan fingerprint density at radius 1 is 0.392 bits per heavy atom. The molecule has 0 saturated carbocycles. The highest BCUT2D eigenvalue weighted by molar-refractivity contribution is 7.25. The van der Waals surface area contributed by atoms with Crippen molar-refractivity contribution in [3.8, 4) is 11.1 Å². The Morgan fingerprint density at radius 2 is 1.04 bits per heavy atom. The Hall–Kier alpha value is -6.42. The van der Waals surface area contributed by atoms with Crippen LogP contribution in [0.4, 0.5) is 34.1 Å². The van der Waals surface area contributed by atoms with Crippen molar-refractivity contribution in [2.24, 2.45) is 0 Å². The molecule has 0 N–H and O–H groups in total. The molecule has 1 aliphatic heterocycles. The summed E-state index contributed by atoms with van der Waals surface area (Å²) in [6, 6.07) is 66.9. The third-order valence-corrected chi connectivity index (χ3v) is 11.7. The van der Waals surface area contributed by atoms with E-state index in [1.165, 1.54) is 75.0 Å². The summed E-state index contributed by atoms with van der Waals surface area (Å²) in [5.74, 6) is 0. The third-order valence-electron chi connectivity index (χ3n) is 10.5. The molecular formula is C48H30N2S.